The van der Waals surface area contributed by atoms with E-state index in [4.69, 9.17) is 10.7 Å². The Morgan fingerprint density at radius 2 is 2.10 bits per heavy atom. The maximum Gasteiger partial charge on any atom is 0.0307 e. The van der Waals surface area contributed by atoms with Gasteiger partial charge in [0.25, 0.3) is 0 Å². The van der Waals surface area contributed by atoms with Crippen LogP contribution in [0.4, 0.5) is 0 Å². The molecule has 0 aromatic carbocycles. The number of hydrogen-bond donors (Lipinski definition) is 0. The van der Waals surface area contributed by atoms with E-state index in [0.717, 1.165) is 19.0 Å². The van der Waals surface area contributed by atoms with Crippen molar-refractivity contribution in [3.05, 3.63) is 0 Å². The summed E-state index contributed by atoms with van der Waals surface area (Å²) in [6.45, 7) is 8.71. The standard InChI is InChI=1S/C7H16ClNS/c1-4-9(10-8)6-5-7(2)3/h7H,4-6H2,1-3H3. The van der Waals surface area contributed by atoms with Crippen molar-refractivity contribution in [2.24, 2.45) is 5.92 Å². The predicted molar refractivity (Wildman–Crippen MR) is 50.1 cm³/mol. The normalized spacial score (nSPS) is 11.4. The predicted octanol–water partition coefficient (Wildman–Crippen LogP) is 3.16. The summed E-state index contributed by atoms with van der Waals surface area (Å²) >= 11 is 1.32. The van der Waals surface area contributed by atoms with Crippen molar-refractivity contribution in [3.63, 3.8) is 0 Å². The molecule has 1 nitrogen and oxygen atoms in total. The second kappa shape index (κ2) is 6.32. The Labute approximate surface area is 72.8 Å². The molecule has 0 aromatic heterocycles. The topological polar surface area (TPSA) is 3.24 Å². The first kappa shape index (κ1) is 10.6. The molecular formula is C7H16ClNS. The Morgan fingerprint density at radius 1 is 1.50 bits per heavy atom. The zero-order valence-electron chi connectivity index (χ0n) is 6.93. The average Bonchev–Trinajstić information content (AvgIpc) is 1.90. The fraction of sp³-hybridized carbons (Fsp3) is 1.00. The summed E-state index contributed by atoms with van der Waals surface area (Å²) in [5.41, 5.74) is 0. The number of hydrogen-bond acceptors (Lipinski definition) is 2. The van der Waals surface area contributed by atoms with Crippen molar-refractivity contribution >= 4 is 21.8 Å². The SMILES string of the molecule is CCN(CCC(C)C)SCl. The van der Waals surface area contributed by atoms with Crippen LogP contribution in [-0.2, 0) is 0 Å². The first-order valence-corrected chi connectivity index (χ1v) is 5.34. The summed E-state index contributed by atoms with van der Waals surface area (Å²) in [7, 11) is 5.59. The Hall–Kier alpha value is 0.600. The van der Waals surface area contributed by atoms with E-state index >= 15 is 0 Å². The van der Waals surface area contributed by atoms with Crippen molar-refractivity contribution in [1.82, 2.24) is 4.31 Å². The van der Waals surface area contributed by atoms with Gasteiger partial charge in [0, 0.05) is 24.3 Å². The molecule has 0 spiro atoms. The van der Waals surface area contributed by atoms with Crippen LogP contribution in [0.25, 0.3) is 0 Å². The molecule has 0 saturated heterocycles. The fourth-order valence-electron chi connectivity index (χ4n) is 0.644. The third-order valence-corrected chi connectivity index (χ3v) is 2.63. The maximum atomic E-state index is 5.59. The van der Waals surface area contributed by atoms with Gasteiger partial charge < -0.3 is 0 Å². The lowest BCUT2D eigenvalue weighted by Gasteiger charge is -2.15. The van der Waals surface area contributed by atoms with Crippen LogP contribution in [0, 0.1) is 5.92 Å². The molecular weight excluding hydrogens is 166 g/mol. The first-order valence-electron chi connectivity index (χ1n) is 3.74. The summed E-state index contributed by atoms with van der Waals surface area (Å²) < 4.78 is 2.15. The van der Waals surface area contributed by atoms with E-state index < -0.39 is 0 Å². The van der Waals surface area contributed by atoms with E-state index in [1.54, 1.807) is 0 Å². The third-order valence-electron chi connectivity index (χ3n) is 1.41. The van der Waals surface area contributed by atoms with Crippen LogP contribution in [-0.4, -0.2) is 17.4 Å². The van der Waals surface area contributed by atoms with Gasteiger partial charge in [-0.05, 0) is 23.0 Å². The molecule has 0 amide bonds. The number of rotatable bonds is 5. The minimum absolute atomic E-state index is 0.776. The van der Waals surface area contributed by atoms with Gasteiger partial charge in [0.15, 0.2) is 0 Å². The molecule has 0 bridgehead atoms. The summed E-state index contributed by atoms with van der Waals surface area (Å²) in [4.78, 5) is 0. The van der Waals surface area contributed by atoms with Gasteiger partial charge in [-0.15, -0.1) is 0 Å². The van der Waals surface area contributed by atoms with Crippen molar-refractivity contribution in [2.75, 3.05) is 13.1 Å². The van der Waals surface area contributed by atoms with Gasteiger partial charge in [-0.1, -0.05) is 20.8 Å². The summed E-state index contributed by atoms with van der Waals surface area (Å²) in [6.07, 6.45) is 1.23. The maximum absolute atomic E-state index is 5.59. The Kier molecular flexibility index (Phi) is 6.70. The molecule has 0 rings (SSSR count). The Morgan fingerprint density at radius 3 is 2.40 bits per heavy atom. The zero-order valence-corrected chi connectivity index (χ0v) is 8.50. The van der Waals surface area contributed by atoms with Crippen LogP contribution in [0.5, 0.6) is 0 Å². The quantitative estimate of drug-likeness (QED) is 0.600. The molecule has 0 atom stereocenters. The smallest absolute Gasteiger partial charge is 0.0307 e. The summed E-state index contributed by atoms with van der Waals surface area (Å²) in [5, 5.41) is 0. The van der Waals surface area contributed by atoms with Gasteiger partial charge in [0.1, 0.15) is 0 Å². The average molecular weight is 182 g/mol. The Bertz CT molecular complexity index is 74.0. The first-order chi connectivity index (χ1) is 4.70. The van der Waals surface area contributed by atoms with Crippen molar-refractivity contribution in [3.8, 4) is 0 Å². The summed E-state index contributed by atoms with van der Waals surface area (Å²) in [5.74, 6) is 0.776. The fourth-order valence-corrected chi connectivity index (χ4v) is 1.42. The molecule has 10 heavy (non-hydrogen) atoms. The highest BCUT2D eigenvalue weighted by Crippen LogP contribution is 2.15. The third kappa shape index (κ3) is 5.39. The van der Waals surface area contributed by atoms with Crippen LogP contribution in [0.1, 0.15) is 27.2 Å². The van der Waals surface area contributed by atoms with Crippen molar-refractivity contribution in [1.29, 1.82) is 0 Å². The van der Waals surface area contributed by atoms with Crippen molar-refractivity contribution < 1.29 is 0 Å². The molecule has 0 aromatic rings. The molecule has 3 heteroatoms. The number of nitrogens with zero attached hydrogens (tertiary/aromatic N) is 1. The largest absolute Gasteiger partial charge is 0.237 e. The molecule has 0 aliphatic rings. The Balaban J connectivity index is 3.26. The molecule has 0 radical (unpaired) electrons. The van der Waals surface area contributed by atoms with E-state index in [0.29, 0.717) is 0 Å². The van der Waals surface area contributed by atoms with Crippen LogP contribution in [0.3, 0.4) is 0 Å². The zero-order chi connectivity index (χ0) is 7.98. The van der Waals surface area contributed by atoms with Gasteiger partial charge in [-0.3, -0.25) is 0 Å². The molecule has 0 heterocycles. The molecule has 62 valence electrons. The molecule has 0 fully saturated rings. The molecule has 0 N–H and O–H groups in total. The van der Waals surface area contributed by atoms with E-state index in [1.807, 2.05) is 0 Å². The second-order valence-electron chi connectivity index (χ2n) is 2.77. The molecule has 0 unspecified atom stereocenters. The van der Waals surface area contributed by atoms with Gasteiger partial charge in [-0.25, -0.2) is 4.31 Å². The van der Waals surface area contributed by atoms with Gasteiger partial charge >= 0.3 is 0 Å². The highest BCUT2D eigenvalue weighted by atomic mass is 35.7. The van der Waals surface area contributed by atoms with E-state index in [9.17, 15) is 0 Å². The second-order valence-corrected chi connectivity index (χ2v) is 3.84. The van der Waals surface area contributed by atoms with Gasteiger partial charge in [0.05, 0.1) is 0 Å². The molecule has 0 saturated carbocycles. The van der Waals surface area contributed by atoms with E-state index in [1.165, 1.54) is 17.6 Å². The lowest BCUT2D eigenvalue weighted by Crippen LogP contribution is -2.16. The highest BCUT2D eigenvalue weighted by molar-refractivity contribution is 8.19. The van der Waals surface area contributed by atoms with Gasteiger partial charge in [-0.2, -0.15) is 0 Å². The molecule has 0 aliphatic heterocycles. The van der Waals surface area contributed by atoms with Crippen LogP contribution in [0.2, 0.25) is 0 Å². The van der Waals surface area contributed by atoms with Crippen LogP contribution < -0.4 is 0 Å². The van der Waals surface area contributed by atoms with Crippen LogP contribution in [0.15, 0.2) is 0 Å². The molecule has 0 aliphatic carbocycles. The van der Waals surface area contributed by atoms with E-state index in [2.05, 4.69) is 25.1 Å². The summed E-state index contributed by atoms with van der Waals surface area (Å²) in [6, 6.07) is 0. The lowest BCUT2D eigenvalue weighted by atomic mass is 10.1. The highest BCUT2D eigenvalue weighted by Gasteiger charge is 2.01. The number of halogens is 1. The monoisotopic (exact) mass is 181 g/mol. The van der Waals surface area contributed by atoms with E-state index in [-0.39, 0.29) is 0 Å². The van der Waals surface area contributed by atoms with Crippen molar-refractivity contribution in [2.45, 2.75) is 27.2 Å². The minimum Gasteiger partial charge on any atom is -0.237 e. The van der Waals surface area contributed by atoms with Crippen LogP contribution >= 0.6 is 21.8 Å². The minimum atomic E-state index is 0.776. The lowest BCUT2D eigenvalue weighted by molar-refractivity contribution is 0.438. The van der Waals surface area contributed by atoms with Gasteiger partial charge in [0.2, 0.25) is 0 Å².